The Hall–Kier alpha value is -1.06. The second-order valence-electron chi connectivity index (χ2n) is 5.96. The third-order valence-electron chi connectivity index (χ3n) is 4.40. The third kappa shape index (κ3) is 4.45. The van der Waals surface area contributed by atoms with Crippen LogP contribution in [-0.2, 0) is 4.79 Å². The summed E-state index contributed by atoms with van der Waals surface area (Å²) in [4.78, 5) is 14.8. The van der Waals surface area contributed by atoms with E-state index < -0.39 is 0 Å². The molecule has 4 heteroatoms. The van der Waals surface area contributed by atoms with Crippen molar-refractivity contribution in [3.05, 3.63) is 35.9 Å². The van der Waals surface area contributed by atoms with Crippen LogP contribution in [0.3, 0.4) is 0 Å². The van der Waals surface area contributed by atoms with Crippen LogP contribution in [-0.4, -0.2) is 23.4 Å². The highest BCUT2D eigenvalue weighted by Crippen LogP contribution is 2.31. The molecule has 0 spiro atoms. The van der Waals surface area contributed by atoms with Crippen LogP contribution < -0.4 is 5.73 Å². The number of rotatable bonds is 3. The number of benzene rings is 1. The van der Waals surface area contributed by atoms with Gasteiger partial charge < -0.3 is 10.6 Å². The van der Waals surface area contributed by atoms with Gasteiger partial charge >= 0.3 is 0 Å². The van der Waals surface area contributed by atoms with Gasteiger partial charge in [-0.05, 0) is 25.3 Å². The number of likely N-dealkylation sites (tertiary alicyclic amines) is 1. The summed E-state index contributed by atoms with van der Waals surface area (Å²) in [5, 5.41) is 0. The van der Waals surface area contributed by atoms with Gasteiger partial charge in [0.2, 0.25) is 5.91 Å². The summed E-state index contributed by atoms with van der Waals surface area (Å²) < 4.78 is 0. The molecule has 1 aromatic rings. The Morgan fingerprint density at radius 1 is 1.19 bits per heavy atom. The molecule has 1 aliphatic heterocycles. The highest BCUT2D eigenvalue weighted by atomic mass is 35.5. The van der Waals surface area contributed by atoms with E-state index >= 15 is 0 Å². The van der Waals surface area contributed by atoms with Crippen molar-refractivity contribution in [1.29, 1.82) is 0 Å². The van der Waals surface area contributed by atoms with Gasteiger partial charge in [0, 0.05) is 12.6 Å². The predicted molar refractivity (Wildman–Crippen MR) is 89.4 cm³/mol. The van der Waals surface area contributed by atoms with Gasteiger partial charge in [-0.15, -0.1) is 12.4 Å². The molecule has 0 bridgehead atoms. The molecule has 1 aromatic carbocycles. The van der Waals surface area contributed by atoms with Gasteiger partial charge in [-0.2, -0.15) is 0 Å². The first-order valence-electron chi connectivity index (χ1n) is 7.72. The molecule has 1 aliphatic rings. The monoisotopic (exact) mass is 310 g/mol. The third-order valence-corrected chi connectivity index (χ3v) is 4.40. The van der Waals surface area contributed by atoms with Crippen molar-refractivity contribution in [2.45, 2.75) is 51.6 Å². The van der Waals surface area contributed by atoms with Gasteiger partial charge in [0.15, 0.2) is 0 Å². The van der Waals surface area contributed by atoms with Crippen molar-refractivity contribution >= 4 is 18.3 Å². The summed E-state index contributed by atoms with van der Waals surface area (Å²) in [6.45, 7) is 4.72. The van der Waals surface area contributed by atoms with Crippen molar-refractivity contribution in [3.63, 3.8) is 0 Å². The average molecular weight is 311 g/mol. The fourth-order valence-corrected chi connectivity index (χ4v) is 2.88. The zero-order valence-electron chi connectivity index (χ0n) is 13.0. The van der Waals surface area contributed by atoms with E-state index in [0.29, 0.717) is 0 Å². The molecule has 2 rings (SSSR count). The highest BCUT2D eigenvalue weighted by molar-refractivity contribution is 5.85. The van der Waals surface area contributed by atoms with E-state index in [-0.39, 0.29) is 36.3 Å². The molecule has 0 aliphatic carbocycles. The van der Waals surface area contributed by atoms with Crippen molar-refractivity contribution in [1.82, 2.24) is 4.90 Å². The predicted octanol–water partition coefficient (Wildman–Crippen LogP) is 3.54. The fourth-order valence-electron chi connectivity index (χ4n) is 2.88. The average Bonchev–Trinajstić information content (AvgIpc) is 2.72. The van der Waals surface area contributed by atoms with E-state index in [2.05, 4.69) is 29.2 Å². The molecule has 1 fully saturated rings. The zero-order valence-corrected chi connectivity index (χ0v) is 13.8. The molecule has 0 saturated carbocycles. The van der Waals surface area contributed by atoms with Crippen LogP contribution in [0.5, 0.6) is 0 Å². The number of amides is 1. The lowest BCUT2D eigenvalue weighted by molar-refractivity contribution is -0.138. The molecule has 0 radical (unpaired) electrons. The van der Waals surface area contributed by atoms with E-state index in [1.807, 2.05) is 19.9 Å². The van der Waals surface area contributed by atoms with Crippen molar-refractivity contribution < 1.29 is 4.79 Å². The van der Waals surface area contributed by atoms with E-state index in [9.17, 15) is 4.79 Å². The second-order valence-corrected chi connectivity index (χ2v) is 5.96. The van der Waals surface area contributed by atoms with Crippen LogP contribution in [0.2, 0.25) is 0 Å². The summed E-state index contributed by atoms with van der Waals surface area (Å²) >= 11 is 0. The maximum atomic E-state index is 12.7. The molecule has 3 unspecified atom stereocenters. The topological polar surface area (TPSA) is 46.3 Å². The number of hydrogen-bond acceptors (Lipinski definition) is 2. The molecule has 1 saturated heterocycles. The van der Waals surface area contributed by atoms with E-state index in [4.69, 9.17) is 5.73 Å². The molecular formula is C17H27ClN2O. The molecule has 2 N–H and O–H groups in total. The van der Waals surface area contributed by atoms with Gasteiger partial charge in [0.25, 0.3) is 0 Å². The minimum absolute atomic E-state index is 0. The summed E-state index contributed by atoms with van der Waals surface area (Å²) in [6, 6.07) is 10.5. The van der Waals surface area contributed by atoms with Gasteiger partial charge in [0.05, 0.1) is 12.0 Å². The Morgan fingerprint density at radius 2 is 1.86 bits per heavy atom. The molecule has 21 heavy (non-hydrogen) atoms. The largest absolute Gasteiger partial charge is 0.335 e. The maximum absolute atomic E-state index is 12.7. The van der Waals surface area contributed by atoms with Gasteiger partial charge in [-0.3, -0.25) is 4.79 Å². The Morgan fingerprint density at radius 3 is 2.48 bits per heavy atom. The van der Waals surface area contributed by atoms with Crippen LogP contribution >= 0.6 is 12.4 Å². The number of nitrogens with two attached hydrogens (primary N) is 1. The molecule has 118 valence electrons. The van der Waals surface area contributed by atoms with Crippen LogP contribution in [0.1, 0.15) is 51.1 Å². The first-order valence-corrected chi connectivity index (χ1v) is 7.72. The fraction of sp³-hybridized carbons (Fsp3) is 0.588. The number of hydrogen-bond donors (Lipinski definition) is 1. The van der Waals surface area contributed by atoms with E-state index in [0.717, 1.165) is 19.4 Å². The minimum atomic E-state index is -0.112. The molecule has 1 amide bonds. The quantitative estimate of drug-likeness (QED) is 0.928. The smallest absolute Gasteiger partial charge is 0.227 e. The number of halogens is 1. The Kier molecular flexibility index (Phi) is 7.20. The van der Waals surface area contributed by atoms with E-state index in [1.165, 1.54) is 18.4 Å². The second kappa shape index (κ2) is 8.40. The van der Waals surface area contributed by atoms with Crippen molar-refractivity contribution in [2.24, 2.45) is 11.7 Å². The Balaban J connectivity index is 0.00000220. The summed E-state index contributed by atoms with van der Waals surface area (Å²) in [5.41, 5.74) is 7.17. The van der Waals surface area contributed by atoms with Crippen LogP contribution in [0.25, 0.3) is 0 Å². The molecule has 0 aromatic heterocycles. The summed E-state index contributed by atoms with van der Waals surface area (Å²) in [5.74, 6) is 0.0927. The SMILES string of the molecule is CC(N)C(C)C(=O)N1CCCCCC1c1ccccc1.Cl. The van der Waals surface area contributed by atoms with Crippen LogP contribution in [0.15, 0.2) is 30.3 Å². The zero-order chi connectivity index (χ0) is 14.5. The van der Waals surface area contributed by atoms with Crippen LogP contribution in [0.4, 0.5) is 0 Å². The molecule has 3 atom stereocenters. The number of nitrogens with zero attached hydrogens (tertiary/aromatic N) is 1. The van der Waals surface area contributed by atoms with Gasteiger partial charge in [-0.25, -0.2) is 0 Å². The molecule has 3 nitrogen and oxygen atoms in total. The van der Waals surface area contributed by atoms with E-state index in [1.54, 1.807) is 0 Å². The van der Waals surface area contributed by atoms with Gasteiger partial charge in [0.1, 0.15) is 0 Å². The summed E-state index contributed by atoms with van der Waals surface area (Å²) in [6.07, 6.45) is 4.55. The Bertz CT molecular complexity index is 436. The first-order chi connectivity index (χ1) is 9.61. The minimum Gasteiger partial charge on any atom is -0.335 e. The maximum Gasteiger partial charge on any atom is 0.227 e. The Labute approximate surface area is 134 Å². The lowest BCUT2D eigenvalue weighted by Crippen LogP contribution is -2.43. The molecular weight excluding hydrogens is 284 g/mol. The highest BCUT2D eigenvalue weighted by Gasteiger charge is 2.30. The summed E-state index contributed by atoms with van der Waals surface area (Å²) in [7, 11) is 0. The van der Waals surface area contributed by atoms with Crippen molar-refractivity contribution in [3.8, 4) is 0 Å². The lowest BCUT2D eigenvalue weighted by Gasteiger charge is -2.33. The molecule has 1 heterocycles. The van der Waals surface area contributed by atoms with Crippen LogP contribution in [0, 0.1) is 5.92 Å². The number of carbonyl (C=O) groups excluding carboxylic acids is 1. The standard InChI is InChI=1S/C17H26N2O.ClH/c1-13(14(2)18)17(20)19-12-8-4-7-11-16(19)15-9-5-3-6-10-15;/h3,5-6,9-10,13-14,16H,4,7-8,11-12,18H2,1-2H3;1H. The number of carbonyl (C=O) groups is 1. The van der Waals surface area contributed by atoms with Crippen molar-refractivity contribution in [2.75, 3.05) is 6.54 Å². The lowest BCUT2D eigenvalue weighted by atomic mass is 9.97. The normalized spacial score (nSPS) is 21.9. The first kappa shape index (κ1) is 18.0. The van der Waals surface area contributed by atoms with Gasteiger partial charge in [-0.1, -0.05) is 50.1 Å².